The van der Waals surface area contributed by atoms with E-state index < -0.39 is 6.10 Å². The number of hydrogen-bond donors (Lipinski definition) is 1. The van der Waals surface area contributed by atoms with Gasteiger partial charge in [0.05, 0.1) is 6.61 Å². The van der Waals surface area contributed by atoms with E-state index in [1.807, 2.05) is 0 Å². The van der Waals surface area contributed by atoms with E-state index in [1.165, 1.54) is 193 Å². The van der Waals surface area contributed by atoms with Gasteiger partial charge in [0.15, 0.2) is 6.10 Å². The van der Waals surface area contributed by atoms with Gasteiger partial charge in [-0.2, -0.15) is 0 Å². The molecule has 0 amide bonds. The lowest BCUT2D eigenvalue weighted by Gasteiger charge is -2.15. The van der Waals surface area contributed by atoms with Crippen molar-refractivity contribution in [3.05, 3.63) is 24.3 Å². The number of allylic oxidation sites excluding steroid dienone is 4. The second-order valence-corrected chi connectivity index (χ2v) is 16.2. The van der Waals surface area contributed by atoms with Gasteiger partial charge in [0.2, 0.25) is 0 Å². The summed E-state index contributed by atoms with van der Waals surface area (Å²) in [6.45, 7) is 4.15. The molecule has 0 aliphatic rings. The van der Waals surface area contributed by atoms with Gasteiger partial charge in [0.25, 0.3) is 0 Å². The van der Waals surface area contributed by atoms with Gasteiger partial charge in [-0.15, -0.1) is 0 Å². The number of hydrogen-bond acceptors (Lipinski definition) is 5. The fourth-order valence-corrected chi connectivity index (χ4v) is 7.12. The highest BCUT2D eigenvalue weighted by Crippen LogP contribution is 2.16. The standard InChI is InChI=1S/C49H92O5/c1-3-5-7-9-11-13-15-17-19-21-23-24-26-27-29-31-33-35-37-39-41-43-48(51)53-46-47(45-50)54-49(52)44-42-40-38-36-34-32-30-28-25-22-20-18-16-14-12-10-8-6-4-2/h12,14,18,20,47,50H,3-11,13,15-17,19,21-46H2,1-2H3. The molecule has 1 N–H and O–H groups in total. The molecule has 1 atom stereocenters. The fraction of sp³-hybridized carbons (Fsp3) is 0.878. The monoisotopic (exact) mass is 761 g/mol. The molecule has 54 heavy (non-hydrogen) atoms. The molecule has 0 aromatic rings. The van der Waals surface area contributed by atoms with Crippen LogP contribution in [-0.4, -0.2) is 36.4 Å². The summed E-state index contributed by atoms with van der Waals surface area (Å²) in [5.74, 6) is -0.581. The number of aliphatic hydroxyl groups excluding tert-OH is 1. The van der Waals surface area contributed by atoms with Gasteiger partial charge in [0, 0.05) is 12.8 Å². The summed E-state index contributed by atoms with van der Waals surface area (Å²) >= 11 is 0. The smallest absolute Gasteiger partial charge is 0.306 e. The Bertz CT molecular complexity index is 821. The second kappa shape index (κ2) is 45.8. The van der Waals surface area contributed by atoms with Gasteiger partial charge >= 0.3 is 11.9 Å². The first-order chi connectivity index (χ1) is 26.6. The number of rotatable bonds is 44. The van der Waals surface area contributed by atoms with E-state index in [0.29, 0.717) is 12.8 Å². The maximum absolute atomic E-state index is 12.2. The minimum absolute atomic E-state index is 0.0623. The first kappa shape index (κ1) is 52.4. The van der Waals surface area contributed by atoms with Crippen LogP contribution in [-0.2, 0) is 19.1 Å². The van der Waals surface area contributed by atoms with Gasteiger partial charge in [-0.3, -0.25) is 9.59 Å². The first-order valence-electron chi connectivity index (χ1n) is 23.9. The number of carbonyl (C=O) groups excluding carboxylic acids is 2. The number of ether oxygens (including phenoxy) is 2. The van der Waals surface area contributed by atoms with Crippen molar-refractivity contribution in [2.75, 3.05) is 13.2 Å². The summed E-state index contributed by atoms with van der Waals surface area (Å²) in [4.78, 5) is 24.4. The predicted molar refractivity (Wildman–Crippen MR) is 233 cm³/mol. The summed E-state index contributed by atoms with van der Waals surface area (Å²) < 4.78 is 10.7. The van der Waals surface area contributed by atoms with Crippen molar-refractivity contribution in [1.82, 2.24) is 0 Å². The lowest BCUT2D eigenvalue weighted by molar-refractivity contribution is -0.161. The molecule has 0 rings (SSSR count). The van der Waals surface area contributed by atoms with Crippen molar-refractivity contribution in [2.24, 2.45) is 0 Å². The van der Waals surface area contributed by atoms with E-state index in [0.717, 1.165) is 38.5 Å². The van der Waals surface area contributed by atoms with E-state index in [4.69, 9.17) is 9.47 Å². The molecule has 0 aliphatic heterocycles. The van der Waals surface area contributed by atoms with Crippen molar-refractivity contribution in [2.45, 2.75) is 264 Å². The number of unbranched alkanes of at least 4 members (excludes halogenated alkanes) is 32. The quantitative estimate of drug-likeness (QED) is 0.0380. The topological polar surface area (TPSA) is 72.8 Å². The highest BCUT2D eigenvalue weighted by molar-refractivity contribution is 5.70. The molecular formula is C49H92O5. The van der Waals surface area contributed by atoms with Gasteiger partial charge < -0.3 is 14.6 Å². The lowest BCUT2D eigenvalue weighted by atomic mass is 10.0. The normalized spacial score (nSPS) is 12.3. The molecule has 0 fully saturated rings. The second-order valence-electron chi connectivity index (χ2n) is 16.2. The molecule has 0 aromatic heterocycles. The van der Waals surface area contributed by atoms with Crippen molar-refractivity contribution in [3.63, 3.8) is 0 Å². The summed E-state index contributed by atoms with van der Waals surface area (Å²) in [6.07, 6.45) is 55.4. The van der Waals surface area contributed by atoms with Crippen LogP contribution < -0.4 is 0 Å². The van der Waals surface area contributed by atoms with E-state index in [-0.39, 0.29) is 25.2 Å². The Hall–Kier alpha value is -1.62. The van der Waals surface area contributed by atoms with Crippen molar-refractivity contribution in [3.8, 4) is 0 Å². The molecule has 5 nitrogen and oxygen atoms in total. The minimum atomic E-state index is -0.770. The Morgan fingerprint density at radius 3 is 1.13 bits per heavy atom. The van der Waals surface area contributed by atoms with Crippen LogP contribution in [0.25, 0.3) is 0 Å². The van der Waals surface area contributed by atoms with Gasteiger partial charge in [0.1, 0.15) is 6.61 Å². The number of esters is 2. The fourth-order valence-electron chi connectivity index (χ4n) is 7.12. The third kappa shape index (κ3) is 43.1. The average Bonchev–Trinajstić information content (AvgIpc) is 3.17. The third-order valence-corrected chi connectivity index (χ3v) is 10.7. The van der Waals surface area contributed by atoms with Crippen LogP contribution in [0.4, 0.5) is 0 Å². The largest absolute Gasteiger partial charge is 0.462 e. The van der Waals surface area contributed by atoms with E-state index in [2.05, 4.69) is 38.2 Å². The molecule has 0 aromatic carbocycles. The third-order valence-electron chi connectivity index (χ3n) is 10.7. The molecule has 1 unspecified atom stereocenters. The van der Waals surface area contributed by atoms with Crippen LogP contribution in [0, 0.1) is 0 Å². The van der Waals surface area contributed by atoms with E-state index >= 15 is 0 Å². The molecule has 0 aliphatic carbocycles. The highest BCUT2D eigenvalue weighted by atomic mass is 16.6. The molecular weight excluding hydrogens is 669 g/mol. The minimum Gasteiger partial charge on any atom is -0.462 e. The zero-order valence-electron chi connectivity index (χ0n) is 36.3. The van der Waals surface area contributed by atoms with E-state index in [9.17, 15) is 14.7 Å². The summed E-state index contributed by atoms with van der Waals surface area (Å²) in [5.41, 5.74) is 0. The number of aliphatic hydroxyl groups is 1. The molecule has 318 valence electrons. The van der Waals surface area contributed by atoms with Crippen LogP contribution >= 0.6 is 0 Å². The SMILES string of the molecule is CCCCCC=CCC=CCCCCCCCCCCCC(=O)OC(CO)COC(=O)CCCCCCCCCCCCCCCCCCCCCCC. The molecule has 5 heteroatoms. The number of carbonyl (C=O) groups is 2. The lowest BCUT2D eigenvalue weighted by Crippen LogP contribution is -2.28. The Morgan fingerprint density at radius 1 is 0.426 bits per heavy atom. The van der Waals surface area contributed by atoms with Crippen LogP contribution in [0.3, 0.4) is 0 Å². The molecule has 0 radical (unpaired) electrons. The zero-order chi connectivity index (χ0) is 39.3. The molecule has 0 saturated carbocycles. The van der Waals surface area contributed by atoms with Crippen molar-refractivity contribution in [1.29, 1.82) is 0 Å². The maximum atomic E-state index is 12.2. The average molecular weight is 761 g/mol. The summed E-state index contributed by atoms with van der Waals surface area (Å²) in [6, 6.07) is 0. The highest BCUT2D eigenvalue weighted by Gasteiger charge is 2.16. The molecule has 0 spiro atoms. The maximum Gasteiger partial charge on any atom is 0.306 e. The Kier molecular flexibility index (Phi) is 44.4. The van der Waals surface area contributed by atoms with Crippen LogP contribution in [0.1, 0.15) is 258 Å². The zero-order valence-corrected chi connectivity index (χ0v) is 36.3. The van der Waals surface area contributed by atoms with Gasteiger partial charge in [-0.25, -0.2) is 0 Å². The van der Waals surface area contributed by atoms with Gasteiger partial charge in [-0.1, -0.05) is 224 Å². The van der Waals surface area contributed by atoms with Crippen LogP contribution in [0.5, 0.6) is 0 Å². The van der Waals surface area contributed by atoms with Gasteiger partial charge in [-0.05, 0) is 44.9 Å². The molecule has 0 heterocycles. The molecule has 0 bridgehead atoms. The van der Waals surface area contributed by atoms with Crippen molar-refractivity contribution >= 4 is 11.9 Å². The molecule has 0 saturated heterocycles. The van der Waals surface area contributed by atoms with Crippen LogP contribution in [0.15, 0.2) is 24.3 Å². The Balaban J connectivity index is 3.47. The Labute approximate surface area is 336 Å². The summed E-state index contributed by atoms with van der Waals surface area (Å²) in [5, 5.41) is 9.60. The van der Waals surface area contributed by atoms with Crippen LogP contribution in [0.2, 0.25) is 0 Å². The van der Waals surface area contributed by atoms with E-state index in [1.54, 1.807) is 0 Å². The Morgan fingerprint density at radius 2 is 0.741 bits per heavy atom. The predicted octanol–water partition coefficient (Wildman–Crippen LogP) is 15.4. The van der Waals surface area contributed by atoms with Crippen molar-refractivity contribution < 1.29 is 24.2 Å². The first-order valence-corrected chi connectivity index (χ1v) is 23.9. The summed E-state index contributed by atoms with van der Waals surface area (Å²) in [7, 11) is 0.